The highest BCUT2D eigenvalue weighted by Crippen LogP contribution is 2.19. The van der Waals surface area contributed by atoms with Gasteiger partial charge in [-0.25, -0.2) is 8.78 Å². The molecule has 78 valence electrons. The van der Waals surface area contributed by atoms with Crippen molar-refractivity contribution in [1.82, 2.24) is 0 Å². The molecule has 14 heavy (non-hydrogen) atoms. The zero-order valence-electron chi connectivity index (χ0n) is 7.33. The van der Waals surface area contributed by atoms with Crippen molar-refractivity contribution in [3.05, 3.63) is 29.8 Å². The van der Waals surface area contributed by atoms with Gasteiger partial charge in [0.05, 0.1) is 5.75 Å². The molecular formula is C8H8F2O3S. The van der Waals surface area contributed by atoms with Gasteiger partial charge in [-0.05, 0) is 19.1 Å². The molecular weight excluding hydrogens is 214 g/mol. The minimum Gasteiger partial charge on any atom is -0.379 e. The lowest BCUT2D eigenvalue weighted by molar-refractivity contribution is 0.458. The summed E-state index contributed by atoms with van der Waals surface area (Å²) in [6.07, 6.45) is 0. The Morgan fingerprint density at radius 2 is 2.00 bits per heavy atom. The zero-order chi connectivity index (χ0) is 10.8. The Bertz CT molecular complexity index is 428. The fourth-order valence-electron chi connectivity index (χ4n) is 0.739. The topological polar surface area (TPSA) is 43.4 Å². The Hall–Kier alpha value is -1.17. The lowest BCUT2D eigenvalue weighted by Crippen LogP contribution is -2.12. The fraction of sp³-hybridized carbons (Fsp3) is 0.250. The Morgan fingerprint density at radius 3 is 2.50 bits per heavy atom. The molecule has 0 spiro atoms. The molecule has 0 aromatic heterocycles. The van der Waals surface area contributed by atoms with Gasteiger partial charge in [0.1, 0.15) is 5.82 Å². The van der Waals surface area contributed by atoms with Crippen molar-refractivity contribution in [1.29, 1.82) is 0 Å². The minimum atomic E-state index is -3.77. The molecule has 1 aromatic rings. The fourth-order valence-corrected chi connectivity index (χ4v) is 1.27. The van der Waals surface area contributed by atoms with Crippen LogP contribution in [0.5, 0.6) is 5.75 Å². The van der Waals surface area contributed by atoms with Crippen molar-refractivity contribution in [3.63, 3.8) is 0 Å². The van der Waals surface area contributed by atoms with Crippen molar-refractivity contribution in [2.75, 3.05) is 5.75 Å². The second-order valence-electron chi connectivity index (χ2n) is 2.50. The zero-order valence-corrected chi connectivity index (χ0v) is 8.14. The molecule has 0 N–H and O–H groups in total. The highest BCUT2D eigenvalue weighted by atomic mass is 32.2. The highest BCUT2D eigenvalue weighted by Gasteiger charge is 2.13. The van der Waals surface area contributed by atoms with Crippen LogP contribution in [0.1, 0.15) is 6.92 Å². The first-order chi connectivity index (χ1) is 6.44. The molecule has 1 rings (SSSR count). The van der Waals surface area contributed by atoms with Gasteiger partial charge in [-0.3, -0.25) is 0 Å². The van der Waals surface area contributed by atoms with Crippen LogP contribution in [-0.2, 0) is 10.1 Å². The molecule has 0 aliphatic rings. The molecule has 6 heteroatoms. The number of hydrogen-bond donors (Lipinski definition) is 0. The van der Waals surface area contributed by atoms with E-state index in [2.05, 4.69) is 4.18 Å². The maximum absolute atomic E-state index is 12.9. The average Bonchev–Trinajstić information content (AvgIpc) is 2.10. The van der Waals surface area contributed by atoms with E-state index in [4.69, 9.17) is 0 Å². The van der Waals surface area contributed by atoms with E-state index in [-0.39, 0.29) is 5.75 Å². The van der Waals surface area contributed by atoms with Crippen LogP contribution < -0.4 is 4.18 Å². The summed E-state index contributed by atoms with van der Waals surface area (Å²) in [6.45, 7) is 1.36. The van der Waals surface area contributed by atoms with Gasteiger partial charge in [-0.1, -0.05) is 0 Å². The molecule has 0 bridgehead atoms. The Morgan fingerprint density at radius 1 is 1.36 bits per heavy atom. The summed E-state index contributed by atoms with van der Waals surface area (Å²) in [5.74, 6) is -2.59. The maximum atomic E-state index is 12.9. The summed E-state index contributed by atoms with van der Waals surface area (Å²) in [6, 6.07) is 2.40. The summed E-state index contributed by atoms with van der Waals surface area (Å²) in [5, 5.41) is 0. The molecule has 0 unspecified atom stereocenters. The molecule has 1 aromatic carbocycles. The second kappa shape index (κ2) is 3.91. The highest BCUT2D eigenvalue weighted by molar-refractivity contribution is 7.87. The Labute approximate surface area is 80.4 Å². The summed E-state index contributed by atoms with van der Waals surface area (Å²) in [4.78, 5) is 0. The molecule has 0 heterocycles. The summed E-state index contributed by atoms with van der Waals surface area (Å²) >= 11 is 0. The van der Waals surface area contributed by atoms with E-state index in [1.54, 1.807) is 0 Å². The molecule has 0 saturated carbocycles. The van der Waals surface area contributed by atoms with E-state index in [0.717, 1.165) is 12.1 Å². The van der Waals surface area contributed by atoms with E-state index in [9.17, 15) is 17.2 Å². The van der Waals surface area contributed by atoms with Crippen LogP contribution in [0, 0.1) is 11.6 Å². The van der Waals surface area contributed by atoms with Crippen LogP contribution in [0.4, 0.5) is 8.78 Å². The van der Waals surface area contributed by atoms with E-state index in [0.29, 0.717) is 6.07 Å². The minimum absolute atomic E-state index is 0.274. The van der Waals surface area contributed by atoms with Crippen LogP contribution >= 0.6 is 0 Å². The van der Waals surface area contributed by atoms with Gasteiger partial charge < -0.3 is 4.18 Å². The Balaban J connectivity index is 2.99. The molecule has 0 amide bonds. The van der Waals surface area contributed by atoms with Crippen molar-refractivity contribution in [2.45, 2.75) is 6.92 Å². The third-order valence-corrected chi connectivity index (χ3v) is 2.60. The number of benzene rings is 1. The largest absolute Gasteiger partial charge is 0.379 e. The van der Waals surface area contributed by atoms with Gasteiger partial charge in [0.25, 0.3) is 0 Å². The molecule has 0 fully saturated rings. The number of halogens is 2. The molecule has 0 saturated heterocycles. The van der Waals surface area contributed by atoms with Crippen LogP contribution in [0.25, 0.3) is 0 Å². The predicted octanol–water partition coefficient (Wildman–Crippen LogP) is 1.69. The second-order valence-corrected chi connectivity index (χ2v) is 4.36. The Kier molecular flexibility index (Phi) is 3.05. The molecule has 0 atom stereocenters. The van der Waals surface area contributed by atoms with Crippen LogP contribution in [0.15, 0.2) is 18.2 Å². The molecule has 0 aliphatic carbocycles. The van der Waals surface area contributed by atoms with Crippen molar-refractivity contribution < 1.29 is 21.4 Å². The molecule has 0 aliphatic heterocycles. The van der Waals surface area contributed by atoms with Gasteiger partial charge in [0.2, 0.25) is 0 Å². The normalized spacial score (nSPS) is 11.4. The smallest absolute Gasteiger partial charge is 0.308 e. The summed E-state index contributed by atoms with van der Waals surface area (Å²) < 4.78 is 51.5. The predicted molar refractivity (Wildman–Crippen MR) is 46.4 cm³/mol. The lowest BCUT2D eigenvalue weighted by atomic mass is 10.3. The van der Waals surface area contributed by atoms with Gasteiger partial charge in [-0.2, -0.15) is 8.42 Å². The van der Waals surface area contributed by atoms with Gasteiger partial charge in [-0.15, -0.1) is 0 Å². The van der Waals surface area contributed by atoms with E-state index in [1.165, 1.54) is 6.92 Å². The van der Waals surface area contributed by atoms with Gasteiger partial charge in [0.15, 0.2) is 11.6 Å². The van der Waals surface area contributed by atoms with Crippen molar-refractivity contribution in [2.24, 2.45) is 0 Å². The third-order valence-electron chi connectivity index (χ3n) is 1.46. The summed E-state index contributed by atoms with van der Waals surface area (Å²) in [5.41, 5.74) is 0. The first-order valence-corrected chi connectivity index (χ1v) is 5.39. The van der Waals surface area contributed by atoms with Crippen LogP contribution in [0.3, 0.4) is 0 Å². The standard InChI is InChI=1S/C8H8F2O3S/c1-2-14(11,12)13-8-4-3-6(9)5-7(8)10/h3-5H,2H2,1H3. The average molecular weight is 222 g/mol. The van der Waals surface area contributed by atoms with Crippen molar-refractivity contribution >= 4 is 10.1 Å². The van der Waals surface area contributed by atoms with E-state index in [1.807, 2.05) is 0 Å². The summed E-state index contributed by atoms with van der Waals surface area (Å²) in [7, 11) is -3.77. The van der Waals surface area contributed by atoms with Crippen molar-refractivity contribution in [3.8, 4) is 5.75 Å². The maximum Gasteiger partial charge on any atom is 0.308 e. The van der Waals surface area contributed by atoms with Crippen LogP contribution in [0.2, 0.25) is 0 Å². The van der Waals surface area contributed by atoms with Crippen LogP contribution in [-0.4, -0.2) is 14.2 Å². The first kappa shape index (κ1) is 10.9. The lowest BCUT2D eigenvalue weighted by Gasteiger charge is -2.05. The third kappa shape index (κ3) is 2.66. The first-order valence-electron chi connectivity index (χ1n) is 3.82. The quantitative estimate of drug-likeness (QED) is 0.731. The van der Waals surface area contributed by atoms with E-state index < -0.39 is 27.5 Å². The van der Waals surface area contributed by atoms with E-state index >= 15 is 0 Å². The number of hydrogen-bond acceptors (Lipinski definition) is 3. The monoisotopic (exact) mass is 222 g/mol. The molecule has 0 radical (unpaired) electrons. The molecule has 3 nitrogen and oxygen atoms in total. The number of rotatable bonds is 3. The van der Waals surface area contributed by atoms with Gasteiger partial charge in [0, 0.05) is 6.07 Å². The van der Waals surface area contributed by atoms with Gasteiger partial charge >= 0.3 is 10.1 Å². The SMILES string of the molecule is CCS(=O)(=O)Oc1ccc(F)cc1F.